The molecule has 0 saturated carbocycles. The van der Waals surface area contributed by atoms with Gasteiger partial charge in [0.25, 0.3) is 0 Å². The first-order valence-corrected chi connectivity index (χ1v) is 14.6. The van der Waals surface area contributed by atoms with Gasteiger partial charge in [-0.1, -0.05) is 12.1 Å². The Balaban J connectivity index is 2.01. The Morgan fingerprint density at radius 3 is 0.982 bits per heavy atom. The Labute approximate surface area is 304 Å². The number of benzene rings is 3. The van der Waals surface area contributed by atoms with Crippen LogP contribution in [0.5, 0.6) is 0 Å². The number of alkyl halides is 12. The molecule has 2 aliphatic carbocycles. The smallest absolute Gasteiger partial charge is 0.192 e. The molecule has 7 nitrogen and oxygen atoms in total. The summed E-state index contributed by atoms with van der Waals surface area (Å²) in [5.41, 5.74) is -20.4. The topological polar surface area (TPSA) is 167 Å². The second-order valence-corrected chi connectivity index (χ2v) is 11.4. The zero-order chi connectivity index (χ0) is 41.9. The lowest BCUT2D eigenvalue weighted by atomic mass is 9.86. The van der Waals surface area contributed by atoms with Gasteiger partial charge in [0.05, 0.1) is 39.0 Å². The molecule has 0 unspecified atom stereocenters. The minimum Gasteiger partial charge on any atom is -0.192 e. The third kappa shape index (κ3) is 6.12. The highest BCUT2D eigenvalue weighted by molar-refractivity contribution is 6.31. The molecule has 56 heavy (non-hydrogen) atoms. The highest BCUT2D eigenvalue weighted by atomic mass is 19.4. The first kappa shape index (κ1) is 39.4. The molecule has 0 aliphatic heterocycles. The van der Waals surface area contributed by atoms with E-state index in [1.807, 2.05) is 0 Å². The summed E-state index contributed by atoms with van der Waals surface area (Å²) in [4.78, 5) is 0. The largest absolute Gasteiger partial charge is 0.417 e. The van der Waals surface area contributed by atoms with Crippen molar-refractivity contribution in [3.63, 3.8) is 0 Å². The van der Waals surface area contributed by atoms with Gasteiger partial charge in [0.1, 0.15) is 53.6 Å². The Morgan fingerprint density at radius 1 is 0.411 bits per heavy atom. The summed E-state index contributed by atoms with van der Waals surface area (Å²) in [6.07, 6.45) is -22.5. The van der Waals surface area contributed by atoms with E-state index in [9.17, 15) is 89.5 Å². The summed E-state index contributed by atoms with van der Waals surface area (Å²) in [5.74, 6) is 0. The van der Waals surface area contributed by atoms with Crippen molar-refractivity contribution < 1.29 is 52.7 Å². The van der Waals surface area contributed by atoms with Gasteiger partial charge in [0.15, 0.2) is 0 Å². The highest BCUT2D eigenvalue weighted by Gasteiger charge is 2.47. The number of allylic oxidation sites excluding steroid dienone is 8. The number of rotatable bonds is 2. The van der Waals surface area contributed by atoms with Gasteiger partial charge in [-0.2, -0.15) is 89.5 Å². The number of halogens is 12. The van der Waals surface area contributed by atoms with Crippen molar-refractivity contribution in [3.05, 3.63) is 115 Å². The van der Waals surface area contributed by atoms with Gasteiger partial charge in [-0.15, -0.1) is 0 Å². The van der Waals surface area contributed by atoms with Crippen LogP contribution in [0.15, 0.2) is 53.6 Å². The van der Waals surface area contributed by atoms with Crippen molar-refractivity contribution >= 4 is 33.4 Å². The van der Waals surface area contributed by atoms with Gasteiger partial charge in [-0.25, -0.2) is 0 Å². The summed E-state index contributed by atoms with van der Waals surface area (Å²) in [5, 5.41) is 70.8. The maximum atomic E-state index is 14.0. The fourth-order valence-electron chi connectivity index (χ4n) is 6.43. The lowest BCUT2D eigenvalue weighted by molar-refractivity contribution is -0.162. The van der Waals surface area contributed by atoms with Crippen molar-refractivity contribution in [2.45, 2.75) is 24.7 Å². The Morgan fingerprint density at radius 2 is 0.732 bits per heavy atom. The molecule has 2 aliphatic rings. The molecule has 0 radical (unpaired) electrons. The molecule has 0 bridgehead atoms. The lowest BCUT2D eigenvalue weighted by Gasteiger charge is -2.18. The molecule has 5 rings (SSSR count). The van der Waals surface area contributed by atoms with Crippen LogP contribution in [0.25, 0.3) is 33.4 Å². The zero-order valence-electron chi connectivity index (χ0n) is 26.7. The molecule has 0 atom stereocenters. The molecule has 3 aromatic rings. The quantitative estimate of drug-likeness (QED) is 0.184. The zero-order valence-corrected chi connectivity index (χ0v) is 26.7. The van der Waals surface area contributed by atoms with E-state index in [1.54, 1.807) is 18.2 Å². The summed E-state index contributed by atoms with van der Waals surface area (Å²) < 4.78 is 166. The Hall–Kier alpha value is -7.79. The van der Waals surface area contributed by atoms with Gasteiger partial charge >= 0.3 is 24.7 Å². The average molecular weight is 777 g/mol. The van der Waals surface area contributed by atoms with E-state index in [0.717, 1.165) is 6.07 Å². The van der Waals surface area contributed by atoms with E-state index in [-0.39, 0.29) is 24.3 Å². The number of nitrogens with zero attached hydrogens (tertiary/aromatic N) is 7. The molecule has 0 spiro atoms. The minimum absolute atomic E-state index is 0.0133. The van der Waals surface area contributed by atoms with Crippen LogP contribution in [0.3, 0.4) is 0 Å². The van der Waals surface area contributed by atoms with E-state index in [4.69, 9.17) is 0 Å². The van der Waals surface area contributed by atoms with Gasteiger partial charge in [0, 0.05) is 33.4 Å². The first-order valence-electron chi connectivity index (χ1n) is 14.6. The first-order chi connectivity index (χ1) is 26.0. The molecule has 0 aromatic heterocycles. The predicted octanol–water partition coefficient (Wildman–Crippen LogP) is 10.1. The summed E-state index contributed by atoms with van der Waals surface area (Å²) in [6, 6.07) is 12.2. The van der Waals surface area contributed by atoms with Gasteiger partial charge in [-0.05, 0) is 52.6 Å². The number of hydrogen-bond donors (Lipinski definition) is 0. The molecular formula is C37H7F12N7. The van der Waals surface area contributed by atoms with Crippen molar-refractivity contribution in [3.8, 4) is 42.5 Å². The van der Waals surface area contributed by atoms with Gasteiger partial charge < -0.3 is 0 Å². The molecule has 0 amide bonds. The summed E-state index contributed by atoms with van der Waals surface area (Å²) in [7, 11) is 0. The van der Waals surface area contributed by atoms with Crippen LogP contribution in [0.2, 0.25) is 0 Å². The van der Waals surface area contributed by atoms with Crippen molar-refractivity contribution in [2.75, 3.05) is 0 Å². The molecule has 274 valence electrons. The second-order valence-electron chi connectivity index (χ2n) is 11.4. The number of hydrogen-bond acceptors (Lipinski definition) is 7. The van der Waals surface area contributed by atoms with E-state index in [2.05, 4.69) is 0 Å². The van der Waals surface area contributed by atoms with Crippen molar-refractivity contribution in [2.24, 2.45) is 0 Å². The van der Waals surface area contributed by atoms with Crippen molar-refractivity contribution in [1.82, 2.24) is 0 Å². The van der Waals surface area contributed by atoms with Crippen LogP contribution < -0.4 is 0 Å². The molecule has 0 fully saturated rings. The van der Waals surface area contributed by atoms with E-state index in [1.165, 1.54) is 24.3 Å². The lowest BCUT2D eigenvalue weighted by Crippen LogP contribution is -2.16. The average Bonchev–Trinajstić information content (AvgIpc) is 3.62. The summed E-state index contributed by atoms with van der Waals surface area (Å²) >= 11 is 0. The van der Waals surface area contributed by atoms with Crippen LogP contribution in [-0.2, 0) is 24.7 Å². The maximum Gasteiger partial charge on any atom is 0.417 e. The fourth-order valence-corrected chi connectivity index (χ4v) is 6.43. The third-order valence-electron chi connectivity index (χ3n) is 8.49. The molecule has 0 saturated heterocycles. The van der Waals surface area contributed by atoms with Crippen LogP contribution in [0.1, 0.15) is 61.2 Å². The minimum atomic E-state index is -5.67. The monoisotopic (exact) mass is 777 g/mol. The predicted molar refractivity (Wildman–Crippen MR) is 165 cm³/mol. The standard InChI is InChI=1S/C37H7F12N7/c38-34(39,40)24-3-1-15(5-26(24)36(44,45)46)28-21(12-54)32-19(30(28)17(8-50)9-51)7-20-31(18(10-52)11-53)29(22(13-55)33(20)23(32)14-56)16-2-4-25(35(41,42)43)27(6-16)37(47,48)49/h1-7H. The van der Waals surface area contributed by atoms with Crippen LogP contribution in [0.4, 0.5) is 52.7 Å². The molecule has 0 heterocycles. The Kier molecular flexibility index (Phi) is 9.33. The molecule has 19 heteroatoms. The SMILES string of the molecule is N#CC(C#N)=C1C(c2ccc(C(F)(F)F)c(C(F)(F)F)c2)=C(C#N)c2c1cc1c(c2C#N)C(C#N)=C(c2ccc(C(F)(F)F)c(C(F)(F)F)c2)C1=C(C#N)C#N. The number of nitriles is 7. The Bertz CT molecular complexity index is 2550. The fraction of sp³-hybridized carbons (Fsp3) is 0.108. The second kappa shape index (κ2) is 13.3. The van der Waals surface area contributed by atoms with Crippen molar-refractivity contribution in [1.29, 1.82) is 36.8 Å². The summed E-state index contributed by atoms with van der Waals surface area (Å²) in [6.45, 7) is 0. The normalized spacial score (nSPS) is 13.7. The van der Waals surface area contributed by atoms with E-state index < -0.39 is 130 Å². The van der Waals surface area contributed by atoms with Gasteiger partial charge in [-0.3, -0.25) is 0 Å². The molecule has 0 N–H and O–H groups in total. The highest BCUT2D eigenvalue weighted by Crippen LogP contribution is 2.57. The van der Waals surface area contributed by atoms with E-state index >= 15 is 0 Å². The van der Waals surface area contributed by atoms with E-state index in [0.29, 0.717) is 12.1 Å². The number of fused-ring (bicyclic) bond motifs is 2. The molecular weight excluding hydrogens is 770 g/mol. The molecule has 3 aromatic carbocycles. The maximum absolute atomic E-state index is 14.0. The van der Waals surface area contributed by atoms with Gasteiger partial charge in [0.2, 0.25) is 0 Å². The van der Waals surface area contributed by atoms with Crippen LogP contribution in [0, 0.1) is 79.3 Å². The van der Waals surface area contributed by atoms with Crippen LogP contribution >= 0.6 is 0 Å². The third-order valence-corrected chi connectivity index (χ3v) is 8.49. The van der Waals surface area contributed by atoms with Crippen LogP contribution in [-0.4, -0.2) is 0 Å².